The summed E-state index contributed by atoms with van der Waals surface area (Å²) in [6.07, 6.45) is 3.99. The Hall–Kier alpha value is -1.92. The van der Waals surface area contributed by atoms with Crippen molar-refractivity contribution in [2.24, 2.45) is 11.8 Å². The third-order valence-corrected chi connectivity index (χ3v) is 4.37. The van der Waals surface area contributed by atoms with E-state index >= 15 is 0 Å². The van der Waals surface area contributed by atoms with Crippen LogP contribution < -0.4 is 0 Å². The summed E-state index contributed by atoms with van der Waals surface area (Å²) in [5.74, 6) is -1.73. The predicted molar refractivity (Wildman–Crippen MR) is 107 cm³/mol. The van der Waals surface area contributed by atoms with Crippen molar-refractivity contribution in [1.29, 1.82) is 0 Å². The van der Waals surface area contributed by atoms with Crippen LogP contribution >= 0.6 is 0 Å². The van der Waals surface area contributed by atoms with Crippen LogP contribution in [0.4, 0.5) is 0 Å². The molecule has 28 heavy (non-hydrogen) atoms. The zero-order valence-corrected chi connectivity index (χ0v) is 16.8. The molecule has 0 aliphatic heterocycles. The quantitative estimate of drug-likeness (QED) is 0.367. The molecule has 0 aromatic heterocycles. The van der Waals surface area contributed by atoms with Crippen molar-refractivity contribution in [2.75, 3.05) is 26.4 Å². The highest BCUT2D eigenvalue weighted by Crippen LogP contribution is 2.14. The average Bonchev–Trinajstić information content (AvgIpc) is 2.78. The van der Waals surface area contributed by atoms with E-state index in [-0.39, 0.29) is 38.3 Å². The largest absolute Gasteiger partial charge is 0.462 e. The Morgan fingerprint density at radius 3 is 1.61 bits per heavy atom. The van der Waals surface area contributed by atoms with Gasteiger partial charge in [-0.3, -0.25) is 0 Å². The number of hydrogen-bond acceptors (Lipinski definition) is 6. The van der Waals surface area contributed by atoms with Crippen molar-refractivity contribution in [2.45, 2.75) is 52.4 Å². The van der Waals surface area contributed by atoms with E-state index in [1.54, 1.807) is 0 Å². The van der Waals surface area contributed by atoms with E-state index in [1.807, 2.05) is 13.8 Å². The topological polar surface area (TPSA) is 93.1 Å². The molecule has 0 spiro atoms. The Morgan fingerprint density at radius 2 is 1.25 bits per heavy atom. The summed E-state index contributed by atoms with van der Waals surface area (Å²) in [6.45, 7) is 4.00. The molecule has 1 aromatic rings. The van der Waals surface area contributed by atoms with Crippen LogP contribution in [-0.4, -0.2) is 48.6 Å². The van der Waals surface area contributed by atoms with Crippen LogP contribution in [0.1, 0.15) is 78.6 Å². The maximum atomic E-state index is 12.6. The normalized spacial score (nSPS) is 15.0. The summed E-state index contributed by atoms with van der Waals surface area (Å²) in [5.41, 5.74) is -1.06. The summed E-state index contributed by atoms with van der Waals surface area (Å²) in [4.78, 5) is 25.2. The maximum Gasteiger partial charge on any atom is 0.339 e. The zero-order valence-electron chi connectivity index (χ0n) is 20.8. The number of aliphatic hydroxyl groups is 2. The molecule has 0 saturated heterocycles. The first-order chi connectivity index (χ1) is 15.1. The molecule has 0 radical (unpaired) electrons. The van der Waals surface area contributed by atoms with Crippen LogP contribution in [0.5, 0.6) is 0 Å². The molecule has 158 valence electrons. The lowest BCUT2D eigenvalue weighted by Crippen LogP contribution is -2.15. The lowest BCUT2D eigenvalue weighted by Gasteiger charge is -2.11. The van der Waals surface area contributed by atoms with Gasteiger partial charge in [0.05, 0.1) is 29.8 Å². The molecular weight excluding hydrogens is 360 g/mol. The highest BCUT2D eigenvalue weighted by atomic mass is 16.5. The molecule has 6 heteroatoms. The fourth-order valence-corrected chi connectivity index (χ4v) is 2.47. The molecule has 0 heterocycles. The van der Waals surface area contributed by atoms with Crippen LogP contribution in [0.15, 0.2) is 24.2 Å². The van der Waals surface area contributed by atoms with Gasteiger partial charge in [-0.15, -0.1) is 0 Å². The number of carbonyl (C=O) groups is 2. The van der Waals surface area contributed by atoms with Crippen LogP contribution in [-0.2, 0) is 9.47 Å². The number of benzene rings is 1. The van der Waals surface area contributed by atoms with Crippen molar-refractivity contribution < 1.29 is 34.8 Å². The molecule has 0 amide bonds. The van der Waals surface area contributed by atoms with E-state index in [0.717, 1.165) is 12.8 Å². The van der Waals surface area contributed by atoms with Crippen molar-refractivity contribution in [3.05, 3.63) is 35.3 Å². The molecule has 0 bridgehead atoms. The number of unbranched alkanes of at least 4 members (excludes halogenated alkanes) is 2. The van der Waals surface area contributed by atoms with Gasteiger partial charge in [0.2, 0.25) is 0 Å². The monoisotopic (exact) mass is 398 g/mol. The molecule has 0 aliphatic rings. The predicted octanol–water partition coefficient (Wildman–Crippen LogP) is 3.60. The zero-order chi connectivity index (χ0) is 24.3. The maximum absolute atomic E-state index is 12.6. The summed E-state index contributed by atoms with van der Waals surface area (Å²) in [5, 5.41) is 18.1. The second kappa shape index (κ2) is 14.1. The number of rotatable bonds is 14. The molecule has 0 fully saturated rings. The number of ether oxygens (including phenoxy) is 2. The van der Waals surface area contributed by atoms with Crippen LogP contribution in [0.2, 0.25) is 0 Å². The van der Waals surface area contributed by atoms with Gasteiger partial charge in [-0.05, 0) is 62.4 Å². The molecule has 2 unspecified atom stereocenters. The Morgan fingerprint density at radius 1 is 0.857 bits per heavy atom. The summed E-state index contributed by atoms with van der Waals surface area (Å²) in [6, 6.07) is -2.55. The summed E-state index contributed by atoms with van der Waals surface area (Å²) >= 11 is 0. The van der Waals surface area contributed by atoms with Crippen LogP contribution in [0, 0.1) is 11.8 Å². The second-order valence-corrected chi connectivity index (χ2v) is 7.09. The van der Waals surface area contributed by atoms with Crippen LogP contribution in [0.25, 0.3) is 0 Å². The first-order valence-corrected chi connectivity index (χ1v) is 9.81. The Kier molecular flexibility index (Phi) is 9.15. The summed E-state index contributed by atoms with van der Waals surface area (Å²) in [7, 11) is 0. The summed E-state index contributed by atoms with van der Waals surface area (Å²) < 4.78 is 42.1. The van der Waals surface area contributed by atoms with E-state index in [9.17, 15) is 9.59 Å². The van der Waals surface area contributed by atoms with Gasteiger partial charge < -0.3 is 19.7 Å². The van der Waals surface area contributed by atoms with E-state index < -0.39 is 47.2 Å². The van der Waals surface area contributed by atoms with Gasteiger partial charge in [0.1, 0.15) is 0 Å². The van der Waals surface area contributed by atoms with Crippen molar-refractivity contribution in [1.82, 2.24) is 0 Å². The van der Waals surface area contributed by atoms with Crippen LogP contribution in [0.3, 0.4) is 0 Å². The molecule has 0 aliphatic carbocycles. The lowest BCUT2D eigenvalue weighted by molar-refractivity contribution is 0.0448. The van der Waals surface area contributed by atoms with Crippen molar-refractivity contribution >= 4 is 11.9 Å². The first-order valence-electron chi connectivity index (χ1n) is 11.8. The number of hydrogen-bond donors (Lipinski definition) is 2. The fourth-order valence-electron chi connectivity index (χ4n) is 2.47. The minimum Gasteiger partial charge on any atom is -0.462 e. The SMILES string of the molecule is [2H]c1c([2H])c([2H])c(C(=O)OCCCCC(C)CO)c(C(=O)OCCCCC(C)CO)c1[2H]. The van der Waals surface area contributed by atoms with Gasteiger partial charge in [-0.1, -0.05) is 25.9 Å². The van der Waals surface area contributed by atoms with Gasteiger partial charge >= 0.3 is 11.9 Å². The highest BCUT2D eigenvalue weighted by Gasteiger charge is 2.18. The molecule has 6 nitrogen and oxygen atoms in total. The van der Waals surface area contributed by atoms with E-state index in [4.69, 9.17) is 25.2 Å². The first kappa shape index (κ1) is 18.1. The van der Waals surface area contributed by atoms with E-state index in [2.05, 4.69) is 0 Å². The Bertz CT molecular complexity index is 709. The third kappa shape index (κ3) is 9.33. The van der Waals surface area contributed by atoms with Gasteiger partial charge in [-0.25, -0.2) is 9.59 Å². The third-order valence-electron chi connectivity index (χ3n) is 4.37. The van der Waals surface area contributed by atoms with Gasteiger partial charge in [-0.2, -0.15) is 0 Å². The molecule has 2 N–H and O–H groups in total. The Balaban J connectivity index is 2.87. The number of esters is 2. The fraction of sp³-hybridized carbons (Fsp3) is 0.636. The van der Waals surface area contributed by atoms with E-state index in [0.29, 0.717) is 25.7 Å². The molecular formula is C22H34O6. The van der Waals surface area contributed by atoms with Gasteiger partial charge in [0.25, 0.3) is 0 Å². The lowest BCUT2D eigenvalue weighted by atomic mass is 10.1. The highest BCUT2D eigenvalue weighted by molar-refractivity contribution is 6.03. The number of carbonyl (C=O) groups excluding carboxylic acids is 2. The molecule has 0 saturated carbocycles. The molecule has 1 rings (SSSR count). The molecule has 1 aromatic carbocycles. The smallest absolute Gasteiger partial charge is 0.339 e. The van der Waals surface area contributed by atoms with Crippen molar-refractivity contribution in [3.8, 4) is 0 Å². The molecule has 2 atom stereocenters. The van der Waals surface area contributed by atoms with Crippen molar-refractivity contribution in [3.63, 3.8) is 0 Å². The average molecular weight is 399 g/mol. The van der Waals surface area contributed by atoms with Gasteiger partial charge in [0, 0.05) is 13.2 Å². The minimum absolute atomic E-state index is 0.0250. The number of aliphatic hydroxyl groups excluding tert-OH is 2. The van der Waals surface area contributed by atoms with E-state index in [1.165, 1.54) is 0 Å². The minimum atomic E-state index is -1.00. The standard InChI is InChI=1S/C22H34O6/c1-17(15-23)9-5-7-13-27-21(25)19-11-3-4-12-20(19)22(26)28-14-8-6-10-18(2)16-24/h3-4,11-12,17-18,23-24H,5-10,13-16H2,1-2H3/i3D,4D,11D,12D. The van der Waals surface area contributed by atoms with Gasteiger partial charge in [0.15, 0.2) is 0 Å². The second-order valence-electron chi connectivity index (χ2n) is 7.09. The Labute approximate surface area is 173 Å².